The van der Waals surface area contributed by atoms with Crippen LogP contribution in [-0.4, -0.2) is 30.7 Å². The number of hydrogen-bond acceptors (Lipinski definition) is 3. The van der Waals surface area contributed by atoms with Crippen molar-refractivity contribution in [3.8, 4) is 0 Å². The summed E-state index contributed by atoms with van der Waals surface area (Å²) in [6.45, 7) is 0.663. The van der Waals surface area contributed by atoms with E-state index in [0.29, 0.717) is 6.54 Å². The molecule has 82 valence electrons. The van der Waals surface area contributed by atoms with Gasteiger partial charge in [-0.05, 0) is 24.3 Å². The van der Waals surface area contributed by atoms with E-state index in [4.69, 9.17) is 5.11 Å². The lowest BCUT2D eigenvalue weighted by Crippen LogP contribution is -2.29. The molecule has 0 spiro atoms. The van der Waals surface area contributed by atoms with Gasteiger partial charge >= 0.3 is 0 Å². The zero-order valence-electron chi connectivity index (χ0n) is 8.16. The van der Waals surface area contributed by atoms with Gasteiger partial charge in [-0.25, -0.2) is 0 Å². The van der Waals surface area contributed by atoms with Gasteiger partial charge in [0.25, 0.3) is 0 Å². The van der Waals surface area contributed by atoms with Crippen molar-refractivity contribution >= 4 is 27.5 Å². The number of carbonyl (C=O) groups excluding carboxylic acids is 1. The van der Waals surface area contributed by atoms with E-state index in [0.717, 1.165) is 10.2 Å². The second-order valence-electron chi connectivity index (χ2n) is 2.96. The molecule has 15 heavy (non-hydrogen) atoms. The quantitative estimate of drug-likeness (QED) is 0.700. The minimum atomic E-state index is -0.120. The lowest BCUT2D eigenvalue weighted by atomic mass is 10.3. The Morgan fingerprint density at radius 2 is 2.00 bits per heavy atom. The van der Waals surface area contributed by atoms with E-state index < -0.39 is 0 Å². The molecule has 4 nitrogen and oxygen atoms in total. The fourth-order valence-electron chi connectivity index (χ4n) is 1.02. The number of amides is 1. The third-order valence-corrected chi connectivity index (χ3v) is 2.23. The van der Waals surface area contributed by atoms with Crippen LogP contribution in [0.4, 0.5) is 5.69 Å². The van der Waals surface area contributed by atoms with Crippen molar-refractivity contribution in [1.29, 1.82) is 0 Å². The SMILES string of the molecule is O=C(CNCCO)Nc1ccc(Br)cc1. The molecule has 0 unspecified atom stereocenters. The first-order chi connectivity index (χ1) is 7.22. The normalized spacial score (nSPS) is 10.0. The van der Waals surface area contributed by atoms with Crippen molar-refractivity contribution in [2.24, 2.45) is 0 Å². The number of benzene rings is 1. The molecule has 0 saturated heterocycles. The molecule has 0 atom stereocenters. The number of anilines is 1. The van der Waals surface area contributed by atoms with Crippen molar-refractivity contribution in [3.05, 3.63) is 28.7 Å². The van der Waals surface area contributed by atoms with E-state index >= 15 is 0 Å². The molecule has 0 bridgehead atoms. The van der Waals surface area contributed by atoms with Crippen LogP contribution in [0.3, 0.4) is 0 Å². The molecule has 0 fully saturated rings. The summed E-state index contributed by atoms with van der Waals surface area (Å²) in [5.74, 6) is -0.120. The Labute approximate surface area is 96.8 Å². The second-order valence-corrected chi connectivity index (χ2v) is 3.87. The van der Waals surface area contributed by atoms with Crippen LogP contribution in [0.1, 0.15) is 0 Å². The molecular weight excluding hydrogens is 260 g/mol. The zero-order chi connectivity index (χ0) is 11.1. The van der Waals surface area contributed by atoms with Crippen LogP contribution in [0.2, 0.25) is 0 Å². The topological polar surface area (TPSA) is 61.4 Å². The Balaban J connectivity index is 2.34. The van der Waals surface area contributed by atoms with Crippen molar-refractivity contribution < 1.29 is 9.90 Å². The Kier molecular flexibility index (Phi) is 5.31. The summed E-state index contributed by atoms with van der Waals surface area (Å²) in [4.78, 5) is 11.3. The number of nitrogens with one attached hydrogen (secondary N) is 2. The first-order valence-corrected chi connectivity index (χ1v) is 5.38. The lowest BCUT2D eigenvalue weighted by molar-refractivity contribution is -0.115. The van der Waals surface area contributed by atoms with Gasteiger partial charge in [-0.15, -0.1) is 0 Å². The molecule has 0 aliphatic heterocycles. The van der Waals surface area contributed by atoms with Crippen LogP contribution < -0.4 is 10.6 Å². The Hall–Kier alpha value is -0.910. The van der Waals surface area contributed by atoms with E-state index in [9.17, 15) is 4.79 Å². The molecule has 0 aromatic heterocycles. The molecule has 5 heteroatoms. The number of aliphatic hydroxyl groups is 1. The smallest absolute Gasteiger partial charge is 0.238 e. The van der Waals surface area contributed by atoms with Crippen molar-refractivity contribution in [3.63, 3.8) is 0 Å². The Bertz CT molecular complexity index is 314. The zero-order valence-corrected chi connectivity index (χ0v) is 9.75. The average molecular weight is 273 g/mol. The molecule has 0 heterocycles. The van der Waals surface area contributed by atoms with Gasteiger partial charge in [0.05, 0.1) is 13.2 Å². The number of hydrogen-bond donors (Lipinski definition) is 3. The predicted molar refractivity (Wildman–Crippen MR) is 62.7 cm³/mol. The van der Waals surface area contributed by atoms with E-state index in [1.54, 1.807) is 0 Å². The fraction of sp³-hybridized carbons (Fsp3) is 0.300. The lowest BCUT2D eigenvalue weighted by Gasteiger charge is -2.05. The van der Waals surface area contributed by atoms with Gasteiger partial charge in [0.2, 0.25) is 5.91 Å². The Morgan fingerprint density at radius 1 is 1.33 bits per heavy atom. The summed E-state index contributed by atoms with van der Waals surface area (Å²) in [6, 6.07) is 7.34. The Morgan fingerprint density at radius 3 is 2.60 bits per heavy atom. The van der Waals surface area contributed by atoms with E-state index in [2.05, 4.69) is 26.6 Å². The van der Waals surface area contributed by atoms with Crippen molar-refractivity contribution in [1.82, 2.24) is 5.32 Å². The minimum absolute atomic E-state index is 0.0333. The summed E-state index contributed by atoms with van der Waals surface area (Å²) in [5.41, 5.74) is 0.758. The maximum atomic E-state index is 11.3. The van der Waals surface area contributed by atoms with Crippen LogP contribution in [0.15, 0.2) is 28.7 Å². The van der Waals surface area contributed by atoms with Crippen LogP contribution in [0, 0.1) is 0 Å². The van der Waals surface area contributed by atoms with Crippen molar-refractivity contribution in [2.75, 3.05) is 25.0 Å². The summed E-state index contributed by atoms with van der Waals surface area (Å²) in [6.07, 6.45) is 0. The van der Waals surface area contributed by atoms with Crippen molar-refractivity contribution in [2.45, 2.75) is 0 Å². The highest BCUT2D eigenvalue weighted by molar-refractivity contribution is 9.10. The fourth-order valence-corrected chi connectivity index (χ4v) is 1.28. The van der Waals surface area contributed by atoms with E-state index in [1.807, 2.05) is 24.3 Å². The molecule has 0 saturated carbocycles. The molecule has 0 aliphatic carbocycles. The van der Waals surface area contributed by atoms with Gasteiger partial charge in [0.1, 0.15) is 0 Å². The minimum Gasteiger partial charge on any atom is -0.395 e. The standard InChI is InChI=1S/C10H13BrN2O2/c11-8-1-3-9(4-2-8)13-10(15)7-12-5-6-14/h1-4,12,14H,5-7H2,(H,13,15). The predicted octanol–water partition coefficient (Wildman–Crippen LogP) is 0.969. The summed E-state index contributed by atoms with van der Waals surface area (Å²) in [5, 5.41) is 14.0. The highest BCUT2D eigenvalue weighted by Gasteiger charge is 2.00. The molecule has 1 aromatic rings. The highest BCUT2D eigenvalue weighted by atomic mass is 79.9. The molecule has 1 rings (SSSR count). The maximum Gasteiger partial charge on any atom is 0.238 e. The maximum absolute atomic E-state index is 11.3. The molecule has 0 aliphatic rings. The number of rotatable bonds is 5. The third kappa shape index (κ3) is 4.92. The van der Waals surface area contributed by atoms with Crippen LogP contribution in [0.25, 0.3) is 0 Å². The number of halogens is 1. The number of aliphatic hydroxyl groups excluding tert-OH is 1. The first-order valence-electron chi connectivity index (χ1n) is 4.59. The monoisotopic (exact) mass is 272 g/mol. The molecule has 1 amide bonds. The molecular formula is C10H13BrN2O2. The second kappa shape index (κ2) is 6.55. The van der Waals surface area contributed by atoms with Gasteiger partial charge in [-0.3, -0.25) is 4.79 Å². The molecule has 3 N–H and O–H groups in total. The van der Waals surface area contributed by atoms with Gasteiger partial charge < -0.3 is 15.7 Å². The van der Waals surface area contributed by atoms with E-state index in [-0.39, 0.29) is 19.1 Å². The summed E-state index contributed by atoms with van der Waals surface area (Å²) < 4.78 is 0.971. The highest BCUT2D eigenvalue weighted by Crippen LogP contribution is 2.13. The van der Waals surface area contributed by atoms with Crippen LogP contribution in [-0.2, 0) is 4.79 Å². The van der Waals surface area contributed by atoms with Gasteiger partial charge in [0, 0.05) is 16.7 Å². The molecule has 0 radical (unpaired) electrons. The summed E-state index contributed by atoms with van der Waals surface area (Å²) in [7, 11) is 0. The van der Waals surface area contributed by atoms with Gasteiger partial charge in [-0.1, -0.05) is 15.9 Å². The number of carbonyl (C=O) groups is 1. The van der Waals surface area contributed by atoms with Crippen LogP contribution >= 0.6 is 15.9 Å². The van der Waals surface area contributed by atoms with Gasteiger partial charge in [0.15, 0.2) is 0 Å². The average Bonchev–Trinajstić information content (AvgIpc) is 2.22. The molecule has 1 aromatic carbocycles. The van der Waals surface area contributed by atoms with Gasteiger partial charge in [-0.2, -0.15) is 0 Å². The third-order valence-electron chi connectivity index (χ3n) is 1.70. The van der Waals surface area contributed by atoms with E-state index in [1.165, 1.54) is 0 Å². The van der Waals surface area contributed by atoms with Crippen LogP contribution in [0.5, 0.6) is 0 Å². The largest absolute Gasteiger partial charge is 0.395 e. The first kappa shape index (κ1) is 12.2. The summed E-state index contributed by atoms with van der Waals surface area (Å²) >= 11 is 3.31.